The smallest absolute Gasteiger partial charge is 0.145 e. The fraction of sp³-hybridized carbons (Fsp3) is 0.194. The van der Waals surface area contributed by atoms with Crippen LogP contribution in [0.5, 0.6) is 0 Å². The summed E-state index contributed by atoms with van der Waals surface area (Å²) in [4.78, 5) is 4.70. The molecule has 1 aliphatic carbocycles. The van der Waals surface area contributed by atoms with Crippen molar-refractivity contribution >= 4 is 56.1 Å². The van der Waals surface area contributed by atoms with Crippen molar-refractivity contribution < 1.29 is 13.2 Å². The van der Waals surface area contributed by atoms with Crippen LogP contribution in [0.15, 0.2) is 186 Å². The van der Waals surface area contributed by atoms with Crippen LogP contribution in [-0.4, -0.2) is 0 Å². The number of benzene rings is 9. The van der Waals surface area contributed by atoms with E-state index < -0.39 is 5.41 Å². The number of aryl methyl sites for hydroxylation is 4. The monoisotopic (exact) mass is 946 g/mol. The van der Waals surface area contributed by atoms with E-state index in [-0.39, 0.29) is 22.5 Å². The summed E-state index contributed by atoms with van der Waals surface area (Å²) in [5.41, 5.74) is 18.9. The van der Waals surface area contributed by atoms with Crippen LogP contribution in [0, 0.1) is 39.3 Å². The molecule has 0 atom stereocenters. The number of nitrogens with zero attached hydrogens (tertiary/aromatic N) is 2. The molecule has 0 fully saturated rings. The standard InChI is InChI=1S/C67H60F2N2O/c1-41-33-42(2)36-54(35-41)70(51-27-19-45(20-28-51)65(5,6)7)53-31-32-56-58(39-53)67(47-15-23-49(68)24-16-47,48-17-25-50(69)26-18-48)59-40-60(63-57-13-11-12-14-61(57)72-64(63)62(56)59)71(55-37-43(3)34-44(4)38-55)52-29-21-46(22-30-52)66(8,9)10/h11-40H,1-10H3. The number of furan rings is 1. The first kappa shape index (κ1) is 46.6. The fourth-order valence-corrected chi connectivity index (χ4v) is 11.4. The molecule has 1 aromatic heterocycles. The van der Waals surface area contributed by atoms with E-state index in [0.717, 1.165) is 112 Å². The van der Waals surface area contributed by atoms with Crippen LogP contribution < -0.4 is 9.80 Å². The number of para-hydroxylation sites is 1. The molecule has 0 radical (unpaired) electrons. The third-order valence-electron chi connectivity index (χ3n) is 14.7. The maximum atomic E-state index is 15.4. The first-order valence-corrected chi connectivity index (χ1v) is 25.0. The minimum atomic E-state index is -1.10. The molecule has 358 valence electrons. The van der Waals surface area contributed by atoms with Gasteiger partial charge in [-0.2, -0.15) is 0 Å². The second-order valence-electron chi connectivity index (χ2n) is 22.1. The molecule has 1 aliphatic rings. The molecule has 0 amide bonds. The van der Waals surface area contributed by atoms with E-state index in [1.165, 1.54) is 11.1 Å². The molecule has 0 N–H and O–H groups in total. The zero-order valence-electron chi connectivity index (χ0n) is 42.9. The third kappa shape index (κ3) is 7.87. The van der Waals surface area contributed by atoms with Gasteiger partial charge in [0.25, 0.3) is 0 Å². The Labute approximate surface area is 423 Å². The molecule has 72 heavy (non-hydrogen) atoms. The molecule has 0 saturated heterocycles. The van der Waals surface area contributed by atoms with Crippen LogP contribution >= 0.6 is 0 Å². The van der Waals surface area contributed by atoms with Crippen molar-refractivity contribution in [2.45, 2.75) is 85.5 Å². The van der Waals surface area contributed by atoms with Crippen LogP contribution in [0.1, 0.15) is 97.2 Å². The van der Waals surface area contributed by atoms with Gasteiger partial charge in [-0.05, 0) is 197 Å². The Morgan fingerprint density at radius 1 is 0.431 bits per heavy atom. The summed E-state index contributed by atoms with van der Waals surface area (Å²) in [6.45, 7) is 22.0. The van der Waals surface area contributed by atoms with E-state index in [1.807, 2.05) is 36.4 Å². The predicted molar refractivity (Wildman–Crippen MR) is 297 cm³/mol. The van der Waals surface area contributed by atoms with Gasteiger partial charge in [0.15, 0.2) is 0 Å². The SMILES string of the molecule is Cc1cc(C)cc(N(c2ccc(C(C)(C)C)cc2)c2ccc3c(c2)C(c2ccc(F)cc2)(c2ccc(F)cc2)c2cc(N(c4ccc(C(C)(C)C)cc4)c4cc(C)cc(C)c4)c4c(oc5ccccc54)c2-3)c1. The van der Waals surface area contributed by atoms with Crippen molar-refractivity contribution in [1.82, 2.24) is 0 Å². The summed E-state index contributed by atoms with van der Waals surface area (Å²) >= 11 is 0. The highest BCUT2D eigenvalue weighted by Gasteiger charge is 2.49. The van der Waals surface area contributed by atoms with E-state index in [4.69, 9.17) is 4.42 Å². The molecule has 10 aromatic rings. The zero-order valence-corrected chi connectivity index (χ0v) is 42.9. The van der Waals surface area contributed by atoms with Crippen LogP contribution in [0.3, 0.4) is 0 Å². The Hall–Kier alpha value is -7.76. The highest BCUT2D eigenvalue weighted by atomic mass is 19.1. The van der Waals surface area contributed by atoms with Crippen molar-refractivity contribution in [1.29, 1.82) is 0 Å². The molecular formula is C67H60F2N2O. The molecule has 0 spiro atoms. The number of fused-ring (bicyclic) bond motifs is 7. The first-order chi connectivity index (χ1) is 34.4. The van der Waals surface area contributed by atoms with E-state index in [2.05, 4.69) is 200 Å². The van der Waals surface area contributed by atoms with Gasteiger partial charge in [-0.3, -0.25) is 0 Å². The molecule has 0 bridgehead atoms. The molecule has 3 nitrogen and oxygen atoms in total. The summed E-state index contributed by atoms with van der Waals surface area (Å²) in [7, 11) is 0. The normalized spacial score (nSPS) is 13.1. The Bertz CT molecular complexity index is 3620. The van der Waals surface area contributed by atoms with Crippen LogP contribution in [0.4, 0.5) is 42.9 Å². The Kier molecular flexibility index (Phi) is 11.2. The van der Waals surface area contributed by atoms with Crippen molar-refractivity contribution in [3.63, 3.8) is 0 Å². The molecule has 11 rings (SSSR count). The van der Waals surface area contributed by atoms with Crippen LogP contribution in [-0.2, 0) is 16.2 Å². The van der Waals surface area contributed by atoms with Crippen LogP contribution in [0.25, 0.3) is 33.1 Å². The lowest BCUT2D eigenvalue weighted by Crippen LogP contribution is -2.29. The Balaban J connectivity index is 1.29. The highest BCUT2D eigenvalue weighted by Crippen LogP contribution is 2.62. The van der Waals surface area contributed by atoms with Crippen molar-refractivity contribution in [2.75, 3.05) is 9.80 Å². The number of hydrogen-bond acceptors (Lipinski definition) is 3. The van der Waals surface area contributed by atoms with Gasteiger partial charge in [-0.25, -0.2) is 8.78 Å². The van der Waals surface area contributed by atoms with Gasteiger partial charge in [-0.15, -0.1) is 0 Å². The lowest BCUT2D eigenvalue weighted by molar-refractivity contribution is 0.590. The second kappa shape index (κ2) is 17.2. The highest BCUT2D eigenvalue weighted by molar-refractivity contribution is 6.19. The van der Waals surface area contributed by atoms with Crippen LogP contribution in [0.2, 0.25) is 0 Å². The van der Waals surface area contributed by atoms with Gasteiger partial charge >= 0.3 is 0 Å². The summed E-state index contributed by atoms with van der Waals surface area (Å²) in [6, 6.07) is 62.3. The van der Waals surface area contributed by atoms with Gasteiger partial charge in [0.2, 0.25) is 0 Å². The Morgan fingerprint density at radius 2 is 0.889 bits per heavy atom. The lowest BCUT2D eigenvalue weighted by atomic mass is 9.67. The Morgan fingerprint density at radius 3 is 1.39 bits per heavy atom. The average molecular weight is 947 g/mol. The number of anilines is 6. The minimum absolute atomic E-state index is 0.0307. The average Bonchev–Trinajstić information content (AvgIpc) is 3.86. The van der Waals surface area contributed by atoms with Gasteiger partial charge in [-0.1, -0.05) is 126 Å². The third-order valence-corrected chi connectivity index (χ3v) is 14.7. The molecule has 1 heterocycles. The topological polar surface area (TPSA) is 19.6 Å². The quantitative estimate of drug-likeness (QED) is 0.151. The second-order valence-corrected chi connectivity index (χ2v) is 22.1. The van der Waals surface area contributed by atoms with Gasteiger partial charge < -0.3 is 14.2 Å². The van der Waals surface area contributed by atoms with Crippen molar-refractivity contribution in [2.24, 2.45) is 0 Å². The zero-order chi connectivity index (χ0) is 50.4. The van der Waals surface area contributed by atoms with Gasteiger partial charge in [0, 0.05) is 39.4 Å². The summed E-state index contributed by atoms with van der Waals surface area (Å²) in [5.74, 6) is -0.680. The largest absolute Gasteiger partial charge is 0.455 e. The van der Waals surface area contributed by atoms with Gasteiger partial charge in [0.1, 0.15) is 22.8 Å². The van der Waals surface area contributed by atoms with E-state index in [1.54, 1.807) is 24.3 Å². The molecule has 0 aliphatic heterocycles. The summed E-state index contributed by atoms with van der Waals surface area (Å²) in [6.07, 6.45) is 0. The number of rotatable bonds is 8. The number of hydrogen-bond donors (Lipinski definition) is 0. The van der Waals surface area contributed by atoms with Crippen molar-refractivity contribution in [3.05, 3.63) is 249 Å². The predicted octanol–water partition coefficient (Wildman–Crippen LogP) is 19.0. The minimum Gasteiger partial charge on any atom is -0.455 e. The lowest BCUT2D eigenvalue weighted by Gasteiger charge is -2.36. The van der Waals surface area contributed by atoms with E-state index in [0.29, 0.717) is 0 Å². The number of halogens is 2. The summed E-state index contributed by atoms with van der Waals surface area (Å²) < 4.78 is 38.1. The molecule has 0 saturated carbocycles. The molecule has 9 aromatic carbocycles. The van der Waals surface area contributed by atoms with E-state index in [9.17, 15) is 0 Å². The maximum absolute atomic E-state index is 15.4. The summed E-state index contributed by atoms with van der Waals surface area (Å²) in [5, 5.41) is 1.97. The van der Waals surface area contributed by atoms with Crippen molar-refractivity contribution in [3.8, 4) is 11.1 Å². The van der Waals surface area contributed by atoms with Gasteiger partial charge in [0.05, 0.1) is 16.5 Å². The molecular weight excluding hydrogens is 887 g/mol. The maximum Gasteiger partial charge on any atom is 0.145 e. The molecule has 0 unspecified atom stereocenters. The fourth-order valence-electron chi connectivity index (χ4n) is 11.4. The van der Waals surface area contributed by atoms with E-state index >= 15 is 8.78 Å². The first-order valence-electron chi connectivity index (χ1n) is 25.0. The molecule has 5 heteroatoms.